The summed E-state index contributed by atoms with van der Waals surface area (Å²) in [5, 5.41) is 16.4. The first-order chi connectivity index (χ1) is 7.42. The first-order valence-corrected chi connectivity index (χ1v) is 6.18. The van der Waals surface area contributed by atoms with Crippen molar-refractivity contribution in [2.75, 3.05) is 23.3 Å². The van der Waals surface area contributed by atoms with Gasteiger partial charge < -0.3 is 11.1 Å². The zero-order valence-electron chi connectivity index (χ0n) is 8.47. The van der Waals surface area contributed by atoms with E-state index in [2.05, 4.69) is 5.32 Å². The molecule has 16 heavy (non-hydrogen) atoms. The number of nitrogen functional groups attached to an aromatic ring is 1. The molecule has 0 heterocycles. The van der Waals surface area contributed by atoms with E-state index in [1.807, 2.05) is 6.07 Å². The summed E-state index contributed by atoms with van der Waals surface area (Å²) in [5.74, 6) is -0.167. The van der Waals surface area contributed by atoms with E-state index in [4.69, 9.17) is 16.1 Å². The SMILES string of the molecule is N#Cc1cc(NCCS(N)(=O)=O)ccc1N. The highest BCUT2D eigenvalue weighted by Crippen LogP contribution is 2.16. The van der Waals surface area contributed by atoms with E-state index in [1.54, 1.807) is 18.2 Å². The summed E-state index contributed by atoms with van der Waals surface area (Å²) in [6, 6.07) is 6.74. The lowest BCUT2D eigenvalue weighted by Crippen LogP contribution is -2.22. The second-order valence-corrected chi connectivity index (χ2v) is 4.94. The first-order valence-electron chi connectivity index (χ1n) is 4.46. The molecule has 1 aromatic carbocycles. The summed E-state index contributed by atoms with van der Waals surface area (Å²) in [6.45, 7) is 0.188. The first kappa shape index (κ1) is 12.3. The van der Waals surface area contributed by atoms with Gasteiger partial charge in [-0.15, -0.1) is 0 Å². The summed E-state index contributed by atoms with van der Waals surface area (Å²) in [6.07, 6.45) is 0. The molecule has 0 radical (unpaired) electrons. The fourth-order valence-electron chi connectivity index (χ4n) is 1.10. The molecule has 0 fully saturated rings. The Morgan fingerprint density at radius 2 is 2.12 bits per heavy atom. The summed E-state index contributed by atoms with van der Waals surface area (Å²) in [7, 11) is -3.47. The Bertz CT molecular complexity index is 519. The Labute approximate surface area is 93.9 Å². The minimum Gasteiger partial charge on any atom is -0.398 e. The number of nitrogens with two attached hydrogens (primary N) is 2. The van der Waals surface area contributed by atoms with Crippen LogP contribution in [0.5, 0.6) is 0 Å². The highest BCUT2D eigenvalue weighted by Gasteiger charge is 2.03. The zero-order chi connectivity index (χ0) is 12.2. The molecule has 0 aliphatic rings. The molecule has 0 aliphatic heterocycles. The lowest BCUT2D eigenvalue weighted by molar-refractivity contribution is 0.598. The molecule has 1 rings (SSSR count). The Kier molecular flexibility index (Phi) is 3.71. The van der Waals surface area contributed by atoms with E-state index in [-0.39, 0.29) is 12.3 Å². The predicted octanol–water partition coefficient (Wildman–Crippen LogP) is -0.159. The number of rotatable bonds is 4. The Balaban J connectivity index is 2.66. The summed E-state index contributed by atoms with van der Waals surface area (Å²) >= 11 is 0. The lowest BCUT2D eigenvalue weighted by atomic mass is 10.2. The number of hydrogen-bond donors (Lipinski definition) is 3. The van der Waals surface area contributed by atoms with Gasteiger partial charge in [0, 0.05) is 17.9 Å². The van der Waals surface area contributed by atoms with Crippen LogP contribution in [0.3, 0.4) is 0 Å². The quantitative estimate of drug-likeness (QED) is 0.631. The van der Waals surface area contributed by atoms with Gasteiger partial charge in [-0.25, -0.2) is 13.6 Å². The molecule has 0 unspecified atom stereocenters. The van der Waals surface area contributed by atoms with Crippen LogP contribution in [0.15, 0.2) is 18.2 Å². The molecule has 0 saturated carbocycles. The molecule has 0 atom stereocenters. The Morgan fingerprint density at radius 3 is 2.69 bits per heavy atom. The van der Waals surface area contributed by atoms with Crippen LogP contribution in [0.2, 0.25) is 0 Å². The highest BCUT2D eigenvalue weighted by atomic mass is 32.2. The zero-order valence-corrected chi connectivity index (χ0v) is 9.29. The topological polar surface area (TPSA) is 122 Å². The number of anilines is 2. The van der Waals surface area contributed by atoms with Gasteiger partial charge in [-0.1, -0.05) is 0 Å². The second kappa shape index (κ2) is 4.83. The van der Waals surface area contributed by atoms with Crippen LogP contribution in [0, 0.1) is 11.3 Å². The highest BCUT2D eigenvalue weighted by molar-refractivity contribution is 7.89. The fourth-order valence-corrected chi connectivity index (χ4v) is 1.49. The minimum absolute atomic E-state index is 0.167. The van der Waals surface area contributed by atoms with Crippen LogP contribution in [0.25, 0.3) is 0 Å². The van der Waals surface area contributed by atoms with E-state index >= 15 is 0 Å². The number of hydrogen-bond acceptors (Lipinski definition) is 5. The molecule has 6 nitrogen and oxygen atoms in total. The summed E-state index contributed by atoms with van der Waals surface area (Å²) in [4.78, 5) is 0. The van der Waals surface area contributed by atoms with Gasteiger partial charge in [0.25, 0.3) is 0 Å². The molecular formula is C9H12N4O2S. The molecule has 0 aliphatic carbocycles. The summed E-state index contributed by atoms with van der Waals surface area (Å²) in [5.41, 5.74) is 6.90. The van der Waals surface area contributed by atoms with Crippen LogP contribution in [0.1, 0.15) is 5.56 Å². The molecule has 86 valence electrons. The van der Waals surface area contributed by atoms with Gasteiger partial charge >= 0.3 is 0 Å². The monoisotopic (exact) mass is 240 g/mol. The third-order valence-corrected chi connectivity index (χ3v) is 2.66. The van der Waals surface area contributed by atoms with Gasteiger partial charge in [0.2, 0.25) is 10.0 Å². The van der Waals surface area contributed by atoms with Gasteiger partial charge in [-0.05, 0) is 18.2 Å². The van der Waals surface area contributed by atoms with Crippen molar-refractivity contribution in [3.63, 3.8) is 0 Å². The second-order valence-electron chi connectivity index (χ2n) is 3.21. The number of nitrogens with one attached hydrogen (secondary N) is 1. The third kappa shape index (κ3) is 3.76. The fraction of sp³-hybridized carbons (Fsp3) is 0.222. The van der Waals surface area contributed by atoms with Crippen molar-refractivity contribution in [2.45, 2.75) is 0 Å². The van der Waals surface area contributed by atoms with Gasteiger partial charge in [0.15, 0.2) is 0 Å². The van der Waals surface area contributed by atoms with Crippen molar-refractivity contribution in [3.8, 4) is 6.07 Å². The van der Waals surface area contributed by atoms with Crippen molar-refractivity contribution in [3.05, 3.63) is 23.8 Å². The van der Waals surface area contributed by atoms with Crippen molar-refractivity contribution in [1.82, 2.24) is 0 Å². The van der Waals surface area contributed by atoms with Crippen LogP contribution in [-0.2, 0) is 10.0 Å². The maximum absolute atomic E-state index is 10.7. The number of nitrogens with zero attached hydrogens (tertiary/aromatic N) is 1. The van der Waals surface area contributed by atoms with Crippen LogP contribution >= 0.6 is 0 Å². The smallest absolute Gasteiger partial charge is 0.210 e. The van der Waals surface area contributed by atoms with Crippen molar-refractivity contribution in [2.24, 2.45) is 5.14 Å². The predicted molar refractivity (Wildman–Crippen MR) is 62.0 cm³/mol. The summed E-state index contributed by atoms with van der Waals surface area (Å²) < 4.78 is 21.3. The van der Waals surface area contributed by atoms with Crippen molar-refractivity contribution < 1.29 is 8.42 Å². The van der Waals surface area contributed by atoms with Gasteiger partial charge in [-0.3, -0.25) is 0 Å². The number of sulfonamides is 1. The Morgan fingerprint density at radius 1 is 1.44 bits per heavy atom. The molecule has 0 amide bonds. The molecule has 0 saturated heterocycles. The normalized spacial score (nSPS) is 10.8. The molecule has 1 aromatic rings. The maximum atomic E-state index is 10.7. The maximum Gasteiger partial charge on any atom is 0.210 e. The van der Waals surface area contributed by atoms with Gasteiger partial charge in [0.1, 0.15) is 6.07 Å². The molecule has 0 spiro atoms. The number of benzene rings is 1. The number of primary sulfonamides is 1. The molecule has 5 N–H and O–H groups in total. The van der Waals surface area contributed by atoms with Gasteiger partial charge in [0.05, 0.1) is 11.3 Å². The van der Waals surface area contributed by atoms with E-state index in [1.165, 1.54) is 0 Å². The van der Waals surface area contributed by atoms with Gasteiger partial charge in [-0.2, -0.15) is 5.26 Å². The van der Waals surface area contributed by atoms with Crippen molar-refractivity contribution in [1.29, 1.82) is 5.26 Å². The Hall–Kier alpha value is -1.78. The van der Waals surface area contributed by atoms with E-state index < -0.39 is 10.0 Å². The van der Waals surface area contributed by atoms with E-state index in [0.717, 1.165) is 0 Å². The third-order valence-electron chi connectivity index (χ3n) is 1.89. The average molecular weight is 240 g/mol. The minimum atomic E-state index is -3.47. The van der Waals surface area contributed by atoms with E-state index in [0.29, 0.717) is 16.9 Å². The van der Waals surface area contributed by atoms with Crippen molar-refractivity contribution >= 4 is 21.4 Å². The standard InChI is InChI=1S/C9H12N4O2S/c10-6-7-5-8(1-2-9(7)11)13-3-4-16(12,14)15/h1-2,5,13H,3-4,11H2,(H2,12,14,15). The van der Waals surface area contributed by atoms with E-state index in [9.17, 15) is 8.42 Å². The lowest BCUT2D eigenvalue weighted by Gasteiger charge is -2.06. The molecular weight excluding hydrogens is 228 g/mol. The molecule has 0 bridgehead atoms. The molecule has 0 aromatic heterocycles. The van der Waals surface area contributed by atoms with Crippen LogP contribution in [-0.4, -0.2) is 20.7 Å². The number of nitriles is 1. The average Bonchev–Trinajstić information content (AvgIpc) is 2.18. The largest absolute Gasteiger partial charge is 0.398 e. The molecule has 7 heteroatoms. The van der Waals surface area contributed by atoms with Crippen LogP contribution < -0.4 is 16.2 Å². The van der Waals surface area contributed by atoms with Crippen LogP contribution in [0.4, 0.5) is 11.4 Å².